The van der Waals surface area contributed by atoms with Gasteiger partial charge in [0.1, 0.15) is 19.3 Å². The normalized spacial score (nSPS) is 18.6. The van der Waals surface area contributed by atoms with Crippen molar-refractivity contribution in [2.75, 3.05) is 33.5 Å². The van der Waals surface area contributed by atoms with E-state index in [4.69, 9.17) is 24.7 Å². The van der Waals surface area contributed by atoms with Crippen LogP contribution in [-0.4, -0.2) is 62.2 Å². The number of methoxy groups -OCH3 is 1. The molecule has 2 amide bonds. The monoisotopic (exact) mass is 378 g/mol. The van der Waals surface area contributed by atoms with Crippen LogP contribution in [0.3, 0.4) is 0 Å². The SMILES string of the molecule is COc1cc(C(=O)OCC(=O)N2CCCC[C@H]2C(N)=O)cc2c1OCCO2. The number of benzene rings is 1. The fraction of sp³-hybridized carbons (Fsp3) is 0.500. The van der Waals surface area contributed by atoms with E-state index in [0.29, 0.717) is 43.4 Å². The molecule has 1 aromatic rings. The highest BCUT2D eigenvalue weighted by atomic mass is 16.6. The molecule has 146 valence electrons. The lowest BCUT2D eigenvalue weighted by Crippen LogP contribution is -2.51. The molecule has 0 radical (unpaired) electrons. The summed E-state index contributed by atoms with van der Waals surface area (Å²) >= 11 is 0. The van der Waals surface area contributed by atoms with Gasteiger partial charge in [0.2, 0.25) is 11.7 Å². The number of hydrogen-bond donors (Lipinski definition) is 1. The third-order valence-corrected chi connectivity index (χ3v) is 4.54. The molecule has 9 heteroatoms. The molecule has 2 N–H and O–H groups in total. The largest absolute Gasteiger partial charge is 0.493 e. The molecule has 1 fully saturated rings. The highest BCUT2D eigenvalue weighted by molar-refractivity contribution is 5.93. The van der Waals surface area contributed by atoms with Gasteiger partial charge in [-0.05, 0) is 31.4 Å². The molecule has 2 aliphatic rings. The highest BCUT2D eigenvalue weighted by Crippen LogP contribution is 2.40. The molecule has 2 heterocycles. The van der Waals surface area contributed by atoms with Crippen molar-refractivity contribution in [2.45, 2.75) is 25.3 Å². The summed E-state index contributed by atoms with van der Waals surface area (Å²) in [6.07, 6.45) is 2.13. The van der Waals surface area contributed by atoms with E-state index >= 15 is 0 Å². The van der Waals surface area contributed by atoms with Crippen LogP contribution in [0.1, 0.15) is 29.6 Å². The molecular weight excluding hydrogens is 356 g/mol. The van der Waals surface area contributed by atoms with E-state index < -0.39 is 30.4 Å². The fourth-order valence-electron chi connectivity index (χ4n) is 3.21. The van der Waals surface area contributed by atoms with Crippen molar-refractivity contribution in [1.82, 2.24) is 4.90 Å². The van der Waals surface area contributed by atoms with Crippen LogP contribution in [0, 0.1) is 0 Å². The van der Waals surface area contributed by atoms with Crippen molar-refractivity contribution in [3.8, 4) is 17.2 Å². The Morgan fingerprint density at radius 2 is 2.00 bits per heavy atom. The van der Waals surface area contributed by atoms with E-state index in [0.717, 1.165) is 12.8 Å². The number of nitrogens with zero attached hydrogens (tertiary/aromatic N) is 1. The first-order valence-corrected chi connectivity index (χ1v) is 8.75. The lowest BCUT2D eigenvalue weighted by molar-refractivity contribution is -0.143. The first-order chi connectivity index (χ1) is 13.0. The second kappa shape index (κ2) is 8.15. The second-order valence-electron chi connectivity index (χ2n) is 6.28. The van der Waals surface area contributed by atoms with Crippen molar-refractivity contribution in [3.63, 3.8) is 0 Å². The molecule has 1 atom stereocenters. The number of likely N-dealkylation sites (tertiary alicyclic amines) is 1. The maximum atomic E-state index is 12.4. The number of amides is 2. The first-order valence-electron chi connectivity index (χ1n) is 8.75. The van der Waals surface area contributed by atoms with Gasteiger partial charge >= 0.3 is 5.97 Å². The average Bonchev–Trinajstić information content (AvgIpc) is 2.70. The van der Waals surface area contributed by atoms with Crippen molar-refractivity contribution in [1.29, 1.82) is 0 Å². The summed E-state index contributed by atoms with van der Waals surface area (Å²) in [6.45, 7) is 0.691. The van der Waals surface area contributed by atoms with E-state index in [-0.39, 0.29) is 5.56 Å². The summed E-state index contributed by atoms with van der Waals surface area (Å²) in [6, 6.07) is 2.30. The summed E-state index contributed by atoms with van der Waals surface area (Å²) in [5.74, 6) is -0.554. The molecule has 0 bridgehead atoms. The molecule has 9 nitrogen and oxygen atoms in total. The Kier molecular flexibility index (Phi) is 5.68. The molecule has 0 aliphatic carbocycles. The Balaban J connectivity index is 1.67. The Morgan fingerprint density at radius 1 is 1.22 bits per heavy atom. The number of esters is 1. The van der Waals surface area contributed by atoms with Gasteiger partial charge < -0.3 is 29.6 Å². The van der Waals surface area contributed by atoms with Gasteiger partial charge in [-0.3, -0.25) is 9.59 Å². The topological polar surface area (TPSA) is 117 Å². The van der Waals surface area contributed by atoms with Gasteiger partial charge in [0, 0.05) is 6.54 Å². The number of ether oxygens (including phenoxy) is 4. The minimum absolute atomic E-state index is 0.175. The average molecular weight is 378 g/mol. The van der Waals surface area contributed by atoms with E-state index in [1.54, 1.807) is 0 Å². The van der Waals surface area contributed by atoms with E-state index in [9.17, 15) is 14.4 Å². The molecular formula is C18H22N2O7. The van der Waals surface area contributed by atoms with Crippen molar-refractivity contribution >= 4 is 17.8 Å². The minimum atomic E-state index is -0.703. The third kappa shape index (κ3) is 4.07. The Morgan fingerprint density at radius 3 is 2.74 bits per heavy atom. The number of rotatable bonds is 5. The molecule has 0 saturated carbocycles. The molecule has 1 aromatic carbocycles. The van der Waals surface area contributed by atoms with Gasteiger partial charge in [-0.25, -0.2) is 4.79 Å². The third-order valence-electron chi connectivity index (χ3n) is 4.54. The zero-order chi connectivity index (χ0) is 19.4. The Bertz CT molecular complexity index is 732. The van der Waals surface area contributed by atoms with Gasteiger partial charge in [-0.2, -0.15) is 0 Å². The van der Waals surface area contributed by atoms with Crippen LogP contribution in [0.5, 0.6) is 17.2 Å². The van der Waals surface area contributed by atoms with Gasteiger partial charge in [-0.1, -0.05) is 0 Å². The highest BCUT2D eigenvalue weighted by Gasteiger charge is 2.31. The molecule has 2 aliphatic heterocycles. The first kappa shape index (κ1) is 18.8. The smallest absolute Gasteiger partial charge is 0.338 e. The van der Waals surface area contributed by atoms with Crippen LogP contribution in [-0.2, 0) is 14.3 Å². The van der Waals surface area contributed by atoms with Crippen LogP contribution in [0.15, 0.2) is 12.1 Å². The van der Waals surface area contributed by atoms with Crippen LogP contribution in [0.25, 0.3) is 0 Å². The summed E-state index contributed by atoms with van der Waals surface area (Å²) < 4.78 is 21.3. The van der Waals surface area contributed by atoms with Crippen molar-refractivity contribution in [2.24, 2.45) is 5.73 Å². The van der Waals surface area contributed by atoms with Crippen LogP contribution in [0.2, 0.25) is 0 Å². The standard InChI is InChI=1S/C18H22N2O7/c1-24-13-8-11(9-14-16(13)26-7-6-25-14)18(23)27-10-15(21)20-5-3-2-4-12(20)17(19)22/h8-9,12H,2-7,10H2,1H3,(H2,19,22)/t12-/m0/s1. The molecule has 0 spiro atoms. The predicted molar refractivity (Wildman–Crippen MR) is 92.8 cm³/mol. The lowest BCUT2D eigenvalue weighted by Gasteiger charge is -2.33. The van der Waals surface area contributed by atoms with Gasteiger partial charge in [0.25, 0.3) is 5.91 Å². The zero-order valence-corrected chi connectivity index (χ0v) is 15.1. The quantitative estimate of drug-likeness (QED) is 0.741. The number of hydrogen-bond acceptors (Lipinski definition) is 7. The molecule has 0 unspecified atom stereocenters. The van der Waals surface area contributed by atoms with E-state index in [1.807, 2.05) is 0 Å². The second-order valence-corrected chi connectivity index (χ2v) is 6.28. The van der Waals surface area contributed by atoms with E-state index in [1.165, 1.54) is 24.1 Å². The van der Waals surface area contributed by atoms with Crippen LogP contribution >= 0.6 is 0 Å². The maximum Gasteiger partial charge on any atom is 0.338 e. The number of piperidine rings is 1. The zero-order valence-electron chi connectivity index (χ0n) is 15.1. The molecule has 27 heavy (non-hydrogen) atoms. The minimum Gasteiger partial charge on any atom is -0.493 e. The van der Waals surface area contributed by atoms with Crippen molar-refractivity contribution in [3.05, 3.63) is 17.7 Å². The van der Waals surface area contributed by atoms with Crippen molar-refractivity contribution < 1.29 is 33.3 Å². The van der Waals surface area contributed by atoms with Gasteiger partial charge in [0.05, 0.1) is 12.7 Å². The fourth-order valence-corrected chi connectivity index (χ4v) is 3.21. The number of nitrogens with two attached hydrogens (primary N) is 1. The molecule has 1 saturated heterocycles. The summed E-state index contributed by atoms with van der Waals surface area (Å²) in [5, 5.41) is 0. The Hall–Kier alpha value is -2.97. The number of carbonyl (C=O) groups excluding carboxylic acids is 3. The van der Waals surface area contributed by atoms with Gasteiger partial charge in [0.15, 0.2) is 18.1 Å². The number of primary amides is 1. The maximum absolute atomic E-state index is 12.4. The summed E-state index contributed by atoms with van der Waals surface area (Å²) in [5.41, 5.74) is 5.53. The summed E-state index contributed by atoms with van der Waals surface area (Å²) in [7, 11) is 1.45. The Labute approximate surface area is 156 Å². The summed E-state index contributed by atoms with van der Waals surface area (Å²) in [4.78, 5) is 37.6. The number of fused-ring (bicyclic) bond motifs is 1. The predicted octanol–water partition coefficient (Wildman–Crippen LogP) is 0.490. The molecule has 3 rings (SSSR count). The van der Waals surface area contributed by atoms with Gasteiger partial charge in [-0.15, -0.1) is 0 Å². The lowest BCUT2D eigenvalue weighted by atomic mass is 10.0. The molecule has 0 aromatic heterocycles. The van der Waals surface area contributed by atoms with Crippen LogP contribution in [0.4, 0.5) is 0 Å². The van der Waals surface area contributed by atoms with Crippen LogP contribution < -0.4 is 19.9 Å². The van der Waals surface area contributed by atoms with E-state index in [2.05, 4.69) is 0 Å². The number of carbonyl (C=O) groups is 3.